The molecular weight excluding hydrogens is 752 g/mol. The fraction of sp³-hybridized carbons (Fsp3) is 0.390. The third kappa shape index (κ3) is 9.15. The molecule has 0 spiro atoms. The fourth-order valence-corrected chi connectivity index (χ4v) is 8.11. The van der Waals surface area contributed by atoms with Crippen LogP contribution in [0, 0.1) is 18.8 Å². The van der Waals surface area contributed by atoms with Crippen molar-refractivity contribution in [2.75, 3.05) is 82.9 Å². The van der Waals surface area contributed by atoms with Crippen molar-refractivity contribution in [2.45, 2.75) is 32.9 Å². The van der Waals surface area contributed by atoms with Crippen LogP contribution in [0.5, 0.6) is 11.5 Å². The van der Waals surface area contributed by atoms with Crippen molar-refractivity contribution in [1.29, 1.82) is 0 Å². The number of thiophene rings is 1. The molecule has 3 aromatic heterocycles. The molecule has 0 amide bonds. The zero-order chi connectivity index (χ0) is 39.0. The van der Waals surface area contributed by atoms with Gasteiger partial charge in [0.1, 0.15) is 47.7 Å². The maximum Gasteiger partial charge on any atom is 0.326 e. The number of rotatable bonds is 14. The van der Waals surface area contributed by atoms with Crippen LogP contribution in [-0.4, -0.2) is 120 Å². The molecule has 5 heterocycles. The number of carboxylic acid groups (broad SMARTS) is 1. The van der Waals surface area contributed by atoms with Gasteiger partial charge in [-0.1, -0.05) is 41.8 Å². The van der Waals surface area contributed by atoms with Gasteiger partial charge in [-0.15, -0.1) is 17.3 Å². The number of likely N-dealkylation sites (N-methyl/N-ethyl adjacent to an activating group) is 1. The molecule has 2 N–H and O–H groups in total. The normalized spacial score (nSPS) is 15.6. The predicted octanol–water partition coefficient (Wildman–Crippen LogP) is 5.63. The highest BCUT2D eigenvalue weighted by atomic mass is 35.5. The third-order valence-corrected chi connectivity index (χ3v) is 11.5. The number of carboxylic acids is 1. The number of para-hydroxylation sites is 1. The molecule has 7 rings (SSSR count). The molecule has 0 bridgehead atoms. The Morgan fingerprint density at radius 3 is 2.62 bits per heavy atom. The lowest BCUT2D eigenvalue weighted by atomic mass is 9.97. The maximum absolute atomic E-state index is 12.9. The topological polar surface area (TPSA) is 138 Å². The fourth-order valence-electron chi connectivity index (χ4n) is 6.83. The number of nitrogens with one attached hydrogen (secondary N) is 1. The van der Waals surface area contributed by atoms with Crippen molar-refractivity contribution in [2.24, 2.45) is 0 Å². The highest BCUT2D eigenvalue weighted by Gasteiger charge is 2.26. The number of nitrogens with zero attached hydrogens (tertiary/aromatic N) is 7. The molecule has 0 saturated carbocycles. The molecule has 5 aromatic rings. The number of aliphatic carboxylic acids is 1. The van der Waals surface area contributed by atoms with Crippen molar-refractivity contribution in [3.63, 3.8) is 0 Å². The first-order valence-electron chi connectivity index (χ1n) is 18.7. The Bertz CT molecular complexity index is 2230. The van der Waals surface area contributed by atoms with E-state index in [1.807, 2.05) is 49.4 Å². The van der Waals surface area contributed by atoms with Gasteiger partial charge in [-0.2, -0.15) is 0 Å². The number of benzene rings is 2. The van der Waals surface area contributed by atoms with E-state index in [0.717, 1.165) is 67.4 Å². The van der Waals surface area contributed by atoms with E-state index in [4.69, 9.17) is 30.8 Å². The van der Waals surface area contributed by atoms with Gasteiger partial charge in [0.25, 0.3) is 0 Å². The van der Waals surface area contributed by atoms with Gasteiger partial charge in [-0.25, -0.2) is 24.7 Å². The SMILES string of the molecule is CC#Cc1sc2ncnc(N[C@H](Cc3ccccc3OCc3ccnc(N4CCOCC4)n3)C(=O)O)c2c1-c1ccc(OCCN2CCN(C)CC2)c(Cl)c1C. The first-order valence-corrected chi connectivity index (χ1v) is 19.9. The van der Waals surface area contributed by atoms with Crippen molar-refractivity contribution in [1.82, 2.24) is 29.7 Å². The van der Waals surface area contributed by atoms with Gasteiger partial charge in [0.2, 0.25) is 5.95 Å². The quantitative estimate of drug-likeness (QED) is 0.135. The summed E-state index contributed by atoms with van der Waals surface area (Å²) in [6.45, 7) is 12.1. The van der Waals surface area contributed by atoms with Gasteiger partial charge in [-0.05, 0) is 55.8 Å². The van der Waals surface area contributed by atoms with E-state index in [-0.39, 0.29) is 13.0 Å². The summed E-state index contributed by atoms with van der Waals surface area (Å²) >= 11 is 8.41. The van der Waals surface area contributed by atoms with Crippen LogP contribution in [-0.2, 0) is 22.6 Å². The van der Waals surface area contributed by atoms with E-state index in [1.165, 1.54) is 17.7 Å². The second-order valence-corrected chi connectivity index (χ2v) is 15.1. The first kappa shape index (κ1) is 39.2. The lowest BCUT2D eigenvalue weighted by Gasteiger charge is -2.32. The zero-order valence-electron chi connectivity index (χ0n) is 31.8. The summed E-state index contributed by atoms with van der Waals surface area (Å²) in [7, 11) is 2.14. The van der Waals surface area contributed by atoms with Gasteiger partial charge in [0.15, 0.2) is 0 Å². The van der Waals surface area contributed by atoms with E-state index in [0.29, 0.717) is 69.6 Å². The van der Waals surface area contributed by atoms with Gasteiger partial charge < -0.3 is 34.4 Å². The molecule has 2 aliphatic rings. The zero-order valence-corrected chi connectivity index (χ0v) is 33.3. The highest BCUT2D eigenvalue weighted by Crippen LogP contribution is 2.45. The van der Waals surface area contributed by atoms with E-state index < -0.39 is 12.0 Å². The molecule has 15 heteroatoms. The Balaban J connectivity index is 1.12. The molecule has 0 radical (unpaired) electrons. The summed E-state index contributed by atoms with van der Waals surface area (Å²) in [5.41, 5.74) is 3.88. The van der Waals surface area contributed by atoms with Gasteiger partial charge in [0.05, 0.1) is 34.2 Å². The van der Waals surface area contributed by atoms with Crippen molar-refractivity contribution >= 4 is 50.9 Å². The highest BCUT2D eigenvalue weighted by molar-refractivity contribution is 7.19. The summed E-state index contributed by atoms with van der Waals surface area (Å²) in [5.74, 6) is 7.42. The van der Waals surface area contributed by atoms with Crippen LogP contribution < -0.4 is 19.7 Å². The third-order valence-electron chi connectivity index (χ3n) is 9.98. The Labute approximate surface area is 335 Å². The van der Waals surface area contributed by atoms with E-state index >= 15 is 0 Å². The smallest absolute Gasteiger partial charge is 0.326 e. The summed E-state index contributed by atoms with van der Waals surface area (Å²) in [4.78, 5) is 39.4. The van der Waals surface area contributed by atoms with Crippen molar-refractivity contribution in [3.8, 4) is 34.5 Å². The number of hydrogen-bond acceptors (Lipinski definition) is 13. The molecule has 2 aromatic carbocycles. The lowest BCUT2D eigenvalue weighted by molar-refractivity contribution is -0.137. The summed E-state index contributed by atoms with van der Waals surface area (Å²) in [6.07, 6.45) is 3.28. The second kappa shape index (κ2) is 18.3. The van der Waals surface area contributed by atoms with E-state index in [2.05, 4.69) is 53.9 Å². The molecule has 1 atom stereocenters. The van der Waals surface area contributed by atoms with E-state index in [9.17, 15) is 9.90 Å². The standard InChI is InChI=1S/C41H45ClN8O5S/c1-4-7-34-35(30-10-11-33(37(42)27(30)2)54-23-18-49-16-14-48(3)15-17-49)36-38(44-26-45-39(36)56-34)47-31(40(51)52)24-28-8-5-6-9-32(28)55-25-29-12-13-43-41(46-29)50-19-21-53-22-20-50/h5-6,8-13,26,31H,14-25H2,1-3H3,(H,51,52)(H,44,45,47)/t31-/m1/s1. The molecule has 2 saturated heterocycles. The number of ether oxygens (including phenoxy) is 3. The molecule has 2 fully saturated rings. The van der Waals surface area contributed by atoms with Crippen LogP contribution in [0.4, 0.5) is 11.8 Å². The number of piperazine rings is 1. The van der Waals surface area contributed by atoms with Crippen LogP contribution in [0.2, 0.25) is 5.02 Å². The Morgan fingerprint density at radius 2 is 1.84 bits per heavy atom. The van der Waals surface area contributed by atoms with Crippen molar-refractivity contribution in [3.05, 3.63) is 81.7 Å². The number of hydrogen-bond donors (Lipinski definition) is 2. The molecule has 0 aliphatic carbocycles. The molecule has 2 aliphatic heterocycles. The molecule has 13 nitrogen and oxygen atoms in total. The molecule has 56 heavy (non-hydrogen) atoms. The number of halogens is 1. The summed E-state index contributed by atoms with van der Waals surface area (Å²) in [6, 6.07) is 12.1. The van der Waals surface area contributed by atoms with Crippen LogP contribution in [0.3, 0.4) is 0 Å². The van der Waals surface area contributed by atoms with Gasteiger partial charge in [-0.3, -0.25) is 4.90 Å². The van der Waals surface area contributed by atoms with Crippen molar-refractivity contribution < 1.29 is 24.1 Å². The Morgan fingerprint density at radius 1 is 1.04 bits per heavy atom. The minimum absolute atomic E-state index is 0.117. The molecular formula is C41H45ClN8O5S. The summed E-state index contributed by atoms with van der Waals surface area (Å²) < 4.78 is 17.9. The number of carbonyl (C=O) groups is 1. The first-order chi connectivity index (χ1) is 27.3. The van der Waals surface area contributed by atoms with Gasteiger partial charge >= 0.3 is 5.97 Å². The predicted molar refractivity (Wildman–Crippen MR) is 219 cm³/mol. The minimum Gasteiger partial charge on any atom is -0.491 e. The average Bonchev–Trinajstić information content (AvgIpc) is 3.58. The van der Waals surface area contributed by atoms with Crippen LogP contribution >= 0.6 is 22.9 Å². The largest absolute Gasteiger partial charge is 0.491 e. The monoisotopic (exact) mass is 796 g/mol. The average molecular weight is 797 g/mol. The lowest BCUT2D eigenvalue weighted by Crippen LogP contribution is -2.45. The second-order valence-electron chi connectivity index (χ2n) is 13.7. The van der Waals surface area contributed by atoms with Crippen LogP contribution in [0.15, 0.2) is 55.0 Å². The Hall–Kier alpha value is -5.04. The summed E-state index contributed by atoms with van der Waals surface area (Å²) in [5, 5.41) is 15.0. The van der Waals surface area contributed by atoms with Crippen LogP contribution in [0.25, 0.3) is 21.3 Å². The van der Waals surface area contributed by atoms with Crippen LogP contribution in [0.1, 0.15) is 28.6 Å². The number of aromatic nitrogens is 4. The number of morpholine rings is 1. The van der Waals surface area contributed by atoms with Gasteiger partial charge in [0, 0.05) is 64.0 Å². The number of fused-ring (bicyclic) bond motifs is 1. The molecule has 292 valence electrons. The number of anilines is 2. The minimum atomic E-state index is -1.06. The Kier molecular flexibility index (Phi) is 12.8. The molecule has 0 unspecified atom stereocenters. The van der Waals surface area contributed by atoms with E-state index in [1.54, 1.807) is 13.1 Å². The maximum atomic E-state index is 12.9.